The average Bonchev–Trinajstić information content (AvgIpc) is 2.87. The molecule has 1 amide bonds. The molecule has 2 aromatic rings. The SMILES string of the molecule is CCCn1c(=O)[nH]c2sc3c(c2c1=O)CCN(C(=O)C(C)C)C3. The number of carbonyl (C=O) groups is 1. The van der Waals surface area contributed by atoms with E-state index in [4.69, 9.17) is 0 Å². The van der Waals surface area contributed by atoms with Crippen molar-refractivity contribution in [2.24, 2.45) is 5.92 Å². The Labute approximate surface area is 137 Å². The van der Waals surface area contributed by atoms with Gasteiger partial charge < -0.3 is 4.90 Å². The number of rotatable bonds is 3. The van der Waals surface area contributed by atoms with Gasteiger partial charge in [0.15, 0.2) is 0 Å². The zero-order chi connectivity index (χ0) is 16.7. The van der Waals surface area contributed by atoms with E-state index >= 15 is 0 Å². The molecule has 23 heavy (non-hydrogen) atoms. The van der Waals surface area contributed by atoms with Crippen LogP contribution in [0, 0.1) is 5.92 Å². The van der Waals surface area contributed by atoms with E-state index in [1.165, 1.54) is 15.9 Å². The summed E-state index contributed by atoms with van der Waals surface area (Å²) in [7, 11) is 0. The van der Waals surface area contributed by atoms with Crippen molar-refractivity contribution in [1.29, 1.82) is 0 Å². The summed E-state index contributed by atoms with van der Waals surface area (Å²) in [5.41, 5.74) is 0.453. The topological polar surface area (TPSA) is 75.2 Å². The monoisotopic (exact) mass is 335 g/mol. The van der Waals surface area contributed by atoms with Crippen molar-refractivity contribution in [2.75, 3.05) is 6.54 Å². The van der Waals surface area contributed by atoms with Crippen LogP contribution >= 0.6 is 11.3 Å². The first-order chi connectivity index (χ1) is 10.9. The molecule has 0 aliphatic carbocycles. The number of hydrogen-bond donors (Lipinski definition) is 1. The van der Waals surface area contributed by atoms with Gasteiger partial charge in [-0.3, -0.25) is 19.1 Å². The van der Waals surface area contributed by atoms with Crippen molar-refractivity contribution in [2.45, 2.75) is 46.7 Å². The molecule has 1 N–H and O–H groups in total. The van der Waals surface area contributed by atoms with E-state index in [1.807, 2.05) is 25.7 Å². The fraction of sp³-hybridized carbons (Fsp3) is 0.562. The van der Waals surface area contributed by atoms with Crippen LogP contribution in [0.2, 0.25) is 0 Å². The lowest BCUT2D eigenvalue weighted by molar-refractivity contribution is -0.135. The molecule has 0 radical (unpaired) electrons. The van der Waals surface area contributed by atoms with Gasteiger partial charge in [0.1, 0.15) is 4.83 Å². The van der Waals surface area contributed by atoms with Gasteiger partial charge >= 0.3 is 5.69 Å². The highest BCUT2D eigenvalue weighted by Crippen LogP contribution is 2.32. The minimum atomic E-state index is -0.349. The maximum absolute atomic E-state index is 12.7. The second-order valence-electron chi connectivity index (χ2n) is 6.26. The molecule has 0 aromatic carbocycles. The Morgan fingerprint density at radius 3 is 2.74 bits per heavy atom. The Morgan fingerprint density at radius 1 is 1.35 bits per heavy atom. The third-order valence-electron chi connectivity index (χ3n) is 4.23. The molecule has 7 heteroatoms. The Bertz CT molecular complexity index is 875. The van der Waals surface area contributed by atoms with E-state index in [0.717, 1.165) is 16.9 Å². The second kappa shape index (κ2) is 5.96. The van der Waals surface area contributed by atoms with Crippen LogP contribution in [0.4, 0.5) is 0 Å². The molecule has 1 aliphatic rings. The number of thiophene rings is 1. The van der Waals surface area contributed by atoms with E-state index in [2.05, 4.69) is 4.98 Å². The molecule has 0 spiro atoms. The number of aromatic nitrogens is 2. The molecule has 0 bridgehead atoms. The first-order valence-electron chi connectivity index (χ1n) is 8.00. The third kappa shape index (κ3) is 2.63. The van der Waals surface area contributed by atoms with Crippen LogP contribution in [0.25, 0.3) is 10.2 Å². The van der Waals surface area contributed by atoms with E-state index in [1.54, 1.807) is 0 Å². The number of nitrogens with one attached hydrogen (secondary N) is 1. The summed E-state index contributed by atoms with van der Waals surface area (Å²) in [6.45, 7) is 7.30. The van der Waals surface area contributed by atoms with Gasteiger partial charge in [-0.2, -0.15) is 0 Å². The third-order valence-corrected chi connectivity index (χ3v) is 5.37. The summed E-state index contributed by atoms with van der Waals surface area (Å²) in [6.07, 6.45) is 1.40. The number of fused-ring (bicyclic) bond motifs is 3. The molecule has 0 atom stereocenters. The fourth-order valence-electron chi connectivity index (χ4n) is 3.09. The van der Waals surface area contributed by atoms with Crippen molar-refractivity contribution in [3.63, 3.8) is 0 Å². The molecule has 0 fully saturated rings. The highest BCUT2D eigenvalue weighted by molar-refractivity contribution is 7.18. The summed E-state index contributed by atoms with van der Waals surface area (Å²) in [5, 5.41) is 0.634. The van der Waals surface area contributed by atoms with Gasteiger partial charge in [-0.05, 0) is 18.4 Å². The smallest absolute Gasteiger partial charge is 0.329 e. The van der Waals surface area contributed by atoms with Crippen molar-refractivity contribution < 1.29 is 4.79 Å². The lowest BCUT2D eigenvalue weighted by Gasteiger charge is -2.28. The number of aromatic amines is 1. The standard InChI is InChI=1S/C16H21N3O3S/c1-4-6-19-15(21)12-10-5-7-18(14(20)9(2)3)8-11(10)23-13(12)17-16(19)22/h9H,4-8H2,1-3H3,(H,17,22). The van der Waals surface area contributed by atoms with Gasteiger partial charge in [0.25, 0.3) is 5.56 Å². The van der Waals surface area contributed by atoms with Crippen LogP contribution in [0.3, 0.4) is 0 Å². The number of amides is 1. The number of H-pyrrole nitrogens is 1. The molecular formula is C16H21N3O3S. The van der Waals surface area contributed by atoms with Crippen molar-refractivity contribution in [1.82, 2.24) is 14.5 Å². The molecule has 2 aromatic heterocycles. The first kappa shape index (κ1) is 16.0. The number of hydrogen-bond acceptors (Lipinski definition) is 4. The molecule has 3 heterocycles. The van der Waals surface area contributed by atoms with Crippen LogP contribution in [0.1, 0.15) is 37.6 Å². The number of carbonyl (C=O) groups excluding carboxylic acids is 1. The van der Waals surface area contributed by atoms with Crippen LogP contribution in [-0.4, -0.2) is 26.9 Å². The first-order valence-corrected chi connectivity index (χ1v) is 8.81. The summed E-state index contributed by atoms with van der Waals surface area (Å²) in [5.74, 6) is 0.0949. The summed E-state index contributed by atoms with van der Waals surface area (Å²) < 4.78 is 1.28. The van der Waals surface area contributed by atoms with Crippen LogP contribution in [0.5, 0.6) is 0 Å². The highest BCUT2D eigenvalue weighted by atomic mass is 32.1. The van der Waals surface area contributed by atoms with Gasteiger partial charge in [0.05, 0.1) is 11.9 Å². The summed E-state index contributed by atoms with van der Waals surface area (Å²) >= 11 is 1.42. The molecular weight excluding hydrogens is 314 g/mol. The van der Waals surface area contributed by atoms with Crippen LogP contribution < -0.4 is 11.2 Å². The zero-order valence-corrected chi connectivity index (χ0v) is 14.5. The van der Waals surface area contributed by atoms with Gasteiger partial charge in [-0.15, -0.1) is 11.3 Å². The van der Waals surface area contributed by atoms with Gasteiger partial charge in [0, 0.05) is 23.9 Å². The van der Waals surface area contributed by atoms with Gasteiger partial charge in [0.2, 0.25) is 5.91 Å². The Balaban J connectivity index is 2.10. The lowest BCUT2D eigenvalue weighted by Crippen LogP contribution is -2.38. The largest absolute Gasteiger partial charge is 0.337 e. The maximum Gasteiger partial charge on any atom is 0.329 e. The summed E-state index contributed by atoms with van der Waals surface area (Å²) in [4.78, 5) is 43.2. The minimum absolute atomic E-state index is 0.0347. The minimum Gasteiger partial charge on any atom is -0.337 e. The quantitative estimate of drug-likeness (QED) is 0.928. The lowest BCUT2D eigenvalue weighted by atomic mass is 10.0. The van der Waals surface area contributed by atoms with E-state index in [0.29, 0.717) is 36.3 Å². The fourth-order valence-corrected chi connectivity index (χ4v) is 4.33. The van der Waals surface area contributed by atoms with Crippen molar-refractivity contribution >= 4 is 27.5 Å². The molecule has 124 valence electrons. The summed E-state index contributed by atoms with van der Waals surface area (Å²) in [6, 6.07) is 0. The van der Waals surface area contributed by atoms with Gasteiger partial charge in [-0.25, -0.2) is 4.79 Å². The molecule has 1 aliphatic heterocycles. The molecule has 0 saturated heterocycles. The average molecular weight is 335 g/mol. The van der Waals surface area contributed by atoms with E-state index < -0.39 is 0 Å². The molecule has 6 nitrogen and oxygen atoms in total. The highest BCUT2D eigenvalue weighted by Gasteiger charge is 2.27. The van der Waals surface area contributed by atoms with E-state index in [9.17, 15) is 14.4 Å². The Morgan fingerprint density at radius 2 is 2.09 bits per heavy atom. The van der Waals surface area contributed by atoms with Crippen molar-refractivity contribution in [3.05, 3.63) is 31.3 Å². The van der Waals surface area contributed by atoms with E-state index in [-0.39, 0.29) is 23.1 Å². The Kier molecular flexibility index (Phi) is 4.14. The zero-order valence-electron chi connectivity index (χ0n) is 13.6. The number of nitrogens with zero attached hydrogens (tertiary/aromatic N) is 2. The maximum atomic E-state index is 12.7. The normalized spacial score (nSPS) is 14.5. The van der Waals surface area contributed by atoms with Gasteiger partial charge in [-0.1, -0.05) is 20.8 Å². The molecule has 0 unspecified atom stereocenters. The predicted octanol–water partition coefficient (Wildman–Crippen LogP) is 1.70. The predicted molar refractivity (Wildman–Crippen MR) is 91.0 cm³/mol. The molecule has 3 rings (SSSR count). The van der Waals surface area contributed by atoms with Crippen LogP contribution in [0.15, 0.2) is 9.59 Å². The molecule has 0 saturated carbocycles. The van der Waals surface area contributed by atoms with Crippen LogP contribution in [-0.2, 0) is 24.3 Å². The van der Waals surface area contributed by atoms with Crippen molar-refractivity contribution in [3.8, 4) is 0 Å². The Hall–Kier alpha value is -1.89. The second-order valence-corrected chi connectivity index (χ2v) is 7.36.